The molecule has 2 aromatic heterocycles. The molecule has 0 amide bonds. The van der Waals surface area contributed by atoms with Gasteiger partial charge in [0.1, 0.15) is 11.4 Å². The van der Waals surface area contributed by atoms with Gasteiger partial charge in [-0.3, -0.25) is 4.79 Å². The molecule has 0 aliphatic carbocycles. The van der Waals surface area contributed by atoms with Gasteiger partial charge >= 0.3 is 0 Å². The maximum Gasteiger partial charge on any atom is 0.250 e. The van der Waals surface area contributed by atoms with Crippen LogP contribution in [0.5, 0.6) is 0 Å². The Bertz CT molecular complexity index is 741. The molecular weight excluding hydrogens is 459 g/mol. The van der Waals surface area contributed by atoms with E-state index in [9.17, 15) is 9.90 Å². The molecule has 0 saturated heterocycles. The lowest BCUT2D eigenvalue weighted by Crippen LogP contribution is -2.39. The minimum absolute atomic E-state index is 0. The lowest BCUT2D eigenvalue weighted by atomic mass is 10.0. The Kier molecular flexibility index (Phi) is 10.2. The topological polar surface area (TPSA) is 91.8 Å². The Labute approximate surface area is 176 Å². The lowest BCUT2D eigenvalue weighted by molar-refractivity contribution is 0.0437. The summed E-state index contributed by atoms with van der Waals surface area (Å²) in [6.45, 7) is 6.02. The first kappa shape index (κ1) is 23.2. The van der Waals surface area contributed by atoms with Gasteiger partial charge in [0.05, 0.1) is 12.8 Å². The number of aromatic nitrogens is 1. The second-order valence-electron chi connectivity index (χ2n) is 6.31. The van der Waals surface area contributed by atoms with E-state index in [4.69, 9.17) is 4.42 Å². The Morgan fingerprint density at radius 2 is 2.07 bits per heavy atom. The molecule has 0 saturated carbocycles. The Hall–Kier alpha value is -1.81. The van der Waals surface area contributed by atoms with E-state index in [2.05, 4.69) is 15.6 Å². The van der Waals surface area contributed by atoms with Crippen LogP contribution in [0.1, 0.15) is 32.4 Å². The monoisotopic (exact) mass is 488 g/mol. The number of guanidine groups is 1. The van der Waals surface area contributed by atoms with Crippen LogP contribution >= 0.6 is 24.0 Å². The number of nitrogens with one attached hydrogen (secondary N) is 2. The minimum Gasteiger partial charge on any atom is -0.466 e. The van der Waals surface area contributed by atoms with Crippen molar-refractivity contribution in [3.05, 3.63) is 58.9 Å². The Morgan fingerprint density at radius 1 is 1.26 bits per heavy atom. The van der Waals surface area contributed by atoms with Gasteiger partial charge in [0, 0.05) is 31.9 Å². The molecule has 2 aromatic rings. The molecule has 7 nitrogen and oxygen atoms in total. The highest BCUT2D eigenvalue weighted by atomic mass is 127. The van der Waals surface area contributed by atoms with E-state index < -0.39 is 5.60 Å². The van der Waals surface area contributed by atoms with Crippen molar-refractivity contribution in [2.24, 2.45) is 4.99 Å². The second kappa shape index (κ2) is 11.8. The van der Waals surface area contributed by atoms with Crippen molar-refractivity contribution in [2.45, 2.75) is 38.8 Å². The van der Waals surface area contributed by atoms with Gasteiger partial charge in [0.25, 0.3) is 0 Å². The van der Waals surface area contributed by atoms with Crippen LogP contribution in [0.2, 0.25) is 0 Å². The van der Waals surface area contributed by atoms with Crippen LogP contribution < -0.4 is 16.2 Å². The number of furan rings is 1. The van der Waals surface area contributed by atoms with Crippen molar-refractivity contribution in [3.63, 3.8) is 0 Å². The molecule has 2 rings (SSSR count). The predicted octanol–water partition coefficient (Wildman–Crippen LogP) is 2.30. The molecular formula is C19H29IN4O3. The first-order valence-corrected chi connectivity index (χ1v) is 8.97. The number of rotatable bonds is 9. The quantitative estimate of drug-likeness (QED) is 0.218. The fourth-order valence-corrected chi connectivity index (χ4v) is 2.50. The number of unbranched alkanes of at least 4 members (excludes halogenated alkanes) is 1. The van der Waals surface area contributed by atoms with E-state index in [1.807, 2.05) is 13.0 Å². The third-order valence-corrected chi connectivity index (χ3v) is 3.96. The zero-order valence-electron chi connectivity index (χ0n) is 15.9. The van der Waals surface area contributed by atoms with Gasteiger partial charge in [0.2, 0.25) is 5.56 Å². The normalized spacial score (nSPS) is 13.5. The smallest absolute Gasteiger partial charge is 0.250 e. The Morgan fingerprint density at radius 3 is 2.74 bits per heavy atom. The van der Waals surface area contributed by atoms with E-state index in [1.54, 1.807) is 42.0 Å². The summed E-state index contributed by atoms with van der Waals surface area (Å²) < 4.78 is 6.98. The standard InChI is InChI=1S/C19H28N4O3.HI/c1-3-20-18(22-15-19(2,25)16-9-8-14-26-16)21-11-5-7-13-23-12-6-4-10-17(23)24;/h4,6,8-10,12,14,25H,3,5,7,11,13,15H2,1-2H3,(H2,20,21,22);1H. The van der Waals surface area contributed by atoms with E-state index >= 15 is 0 Å². The van der Waals surface area contributed by atoms with E-state index in [0.29, 0.717) is 18.3 Å². The van der Waals surface area contributed by atoms with Crippen molar-refractivity contribution in [2.75, 3.05) is 19.6 Å². The number of aliphatic imine (C=N–C) groups is 1. The fraction of sp³-hybridized carbons (Fsp3) is 0.474. The lowest BCUT2D eigenvalue weighted by Gasteiger charge is -2.19. The number of pyridine rings is 1. The van der Waals surface area contributed by atoms with Gasteiger partial charge < -0.3 is 24.7 Å². The number of halogens is 1. The number of aryl methyl sites for hydroxylation is 1. The molecule has 0 fully saturated rings. The maximum absolute atomic E-state index is 11.6. The van der Waals surface area contributed by atoms with Gasteiger partial charge in [0.15, 0.2) is 5.96 Å². The average Bonchev–Trinajstić information content (AvgIpc) is 3.16. The van der Waals surface area contributed by atoms with Crippen molar-refractivity contribution >= 4 is 29.9 Å². The van der Waals surface area contributed by atoms with Crippen molar-refractivity contribution in [1.29, 1.82) is 0 Å². The summed E-state index contributed by atoms with van der Waals surface area (Å²) in [5.41, 5.74) is -1.13. The second-order valence-corrected chi connectivity index (χ2v) is 6.31. The molecule has 1 atom stereocenters. The van der Waals surface area contributed by atoms with Crippen LogP contribution in [0.3, 0.4) is 0 Å². The summed E-state index contributed by atoms with van der Waals surface area (Å²) in [4.78, 5) is 16.1. The highest BCUT2D eigenvalue weighted by molar-refractivity contribution is 14.0. The van der Waals surface area contributed by atoms with Crippen LogP contribution in [-0.4, -0.2) is 35.3 Å². The number of nitrogens with zero attached hydrogens (tertiary/aromatic N) is 2. The van der Waals surface area contributed by atoms with Gasteiger partial charge in [-0.2, -0.15) is 0 Å². The molecule has 3 N–H and O–H groups in total. The van der Waals surface area contributed by atoms with E-state index in [-0.39, 0.29) is 36.1 Å². The number of hydrogen-bond acceptors (Lipinski definition) is 4. The molecule has 2 heterocycles. The molecule has 0 aliphatic rings. The molecule has 8 heteroatoms. The van der Waals surface area contributed by atoms with Crippen molar-refractivity contribution in [3.8, 4) is 0 Å². The number of hydrogen-bond donors (Lipinski definition) is 3. The highest BCUT2D eigenvalue weighted by Crippen LogP contribution is 2.20. The summed E-state index contributed by atoms with van der Waals surface area (Å²) in [6, 6.07) is 8.66. The zero-order valence-corrected chi connectivity index (χ0v) is 18.2. The number of aliphatic hydroxyl groups is 1. The first-order valence-electron chi connectivity index (χ1n) is 8.97. The predicted molar refractivity (Wildman–Crippen MR) is 118 cm³/mol. The summed E-state index contributed by atoms with van der Waals surface area (Å²) in [5.74, 6) is 1.14. The highest BCUT2D eigenvalue weighted by Gasteiger charge is 2.25. The molecule has 150 valence electrons. The summed E-state index contributed by atoms with van der Waals surface area (Å²) in [5, 5.41) is 16.9. The van der Waals surface area contributed by atoms with Gasteiger partial charge in [-0.15, -0.1) is 24.0 Å². The SMILES string of the molecule is CCNC(=NCC(C)(O)c1ccco1)NCCCCn1ccccc1=O.I. The van der Waals surface area contributed by atoms with Crippen LogP contribution in [0.4, 0.5) is 0 Å². The molecule has 0 spiro atoms. The van der Waals surface area contributed by atoms with Crippen LogP contribution in [0.25, 0.3) is 0 Å². The molecule has 27 heavy (non-hydrogen) atoms. The summed E-state index contributed by atoms with van der Waals surface area (Å²) >= 11 is 0. The average molecular weight is 488 g/mol. The Balaban J connectivity index is 0.00000364. The van der Waals surface area contributed by atoms with Crippen LogP contribution in [0, 0.1) is 0 Å². The largest absolute Gasteiger partial charge is 0.466 e. The molecule has 1 unspecified atom stereocenters. The van der Waals surface area contributed by atoms with Gasteiger partial charge in [-0.1, -0.05) is 6.07 Å². The minimum atomic E-state index is -1.15. The van der Waals surface area contributed by atoms with Gasteiger partial charge in [-0.25, -0.2) is 4.99 Å². The molecule has 0 bridgehead atoms. The van der Waals surface area contributed by atoms with Crippen LogP contribution in [0.15, 0.2) is 57.0 Å². The van der Waals surface area contributed by atoms with E-state index in [1.165, 1.54) is 6.26 Å². The third kappa shape index (κ3) is 7.76. The van der Waals surface area contributed by atoms with Crippen LogP contribution in [-0.2, 0) is 12.1 Å². The zero-order chi connectivity index (χ0) is 18.8. The maximum atomic E-state index is 11.6. The first-order chi connectivity index (χ1) is 12.5. The van der Waals surface area contributed by atoms with Crippen molar-refractivity contribution in [1.82, 2.24) is 15.2 Å². The molecule has 0 radical (unpaired) electrons. The van der Waals surface area contributed by atoms with E-state index in [0.717, 1.165) is 25.9 Å². The van der Waals surface area contributed by atoms with Gasteiger partial charge in [-0.05, 0) is 44.9 Å². The fourth-order valence-electron chi connectivity index (χ4n) is 2.50. The molecule has 0 aromatic carbocycles. The third-order valence-electron chi connectivity index (χ3n) is 3.96. The van der Waals surface area contributed by atoms with Crippen molar-refractivity contribution < 1.29 is 9.52 Å². The summed E-state index contributed by atoms with van der Waals surface area (Å²) in [6.07, 6.45) is 5.13. The summed E-state index contributed by atoms with van der Waals surface area (Å²) in [7, 11) is 0. The molecule has 0 aliphatic heterocycles.